The number of nitrogens with zero attached hydrogens (tertiary/aromatic N) is 2. The predicted molar refractivity (Wildman–Crippen MR) is 81.4 cm³/mol. The van der Waals surface area contributed by atoms with E-state index in [9.17, 15) is 0 Å². The van der Waals surface area contributed by atoms with Crippen molar-refractivity contribution >= 4 is 38.6 Å². The molecule has 0 amide bonds. The fourth-order valence-electron chi connectivity index (χ4n) is 2.06. The molecule has 1 N–H and O–H groups in total. The van der Waals surface area contributed by atoms with E-state index in [1.54, 1.807) is 0 Å². The number of halogens is 2. The van der Waals surface area contributed by atoms with Gasteiger partial charge in [-0.3, -0.25) is 0 Å². The first-order valence-electron chi connectivity index (χ1n) is 5.98. The van der Waals surface area contributed by atoms with E-state index in [2.05, 4.69) is 37.8 Å². The average molecular weight is 337 g/mol. The fraction of sp³-hybridized carbons (Fsp3) is 0.143. The highest BCUT2D eigenvalue weighted by Gasteiger charge is 2.10. The second kappa shape index (κ2) is 4.94. The molecular formula is C14H11BrClN3. The van der Waals surface area contributed by atoms with Crippen molar-refractivity contribution in [2.24, 2.45) is 0 Å². The molecule has 0 saturated carbocycles. The van der Waals surface area contributed by atoms with Gasteiger partial charge in [-0.15, -0.1) is 0 Å². The van der Waals surface area contributed by atoms with Gasteiger partial charge < -0.3 is 4.98 Å². The second-order valence-corrected chi connectivity index (χ2v) is 5.56. The Kier molecular flexibility index (Phi) is 3.29. The number of benzene rings is 1. The third-order valence-electron chi connectivity index (χ3n) is 2.95. The van der Waals surface area contributed by atoms with E-state index in [4.69, 9.17) is 11.6 Å². The summed E-state index contributed by atoms with van der Waals surface area (Å²) in [6.45, 7) is 2.08. The zero-order valence-electron chi connectivity index (χ0n) is 10.2. The standard InChI is InChI=1S/C14H11BrClN3/c1-2-11-10-7-12(16)18-14(10)19-13(17-11)8-4-3-5-9(15)6-8/h3-7H,2H2,1H3,(H,17,18,19). The minimum Gasteiger partial charge on any atom is -0.330 e. The summed E-state index contributed by atoms with van der Waals surface area (Å²) in [4.78, 5) is 12.2. The number of rotatable bonds is 2. The van der Waals surface area contributed by atoms with Crippen molar-refractivity contribution < 1.29 is 0 Å². The zero-order chi connectivity index (χ0) is 13.4. The fourth-order valence-corrected chi connectivity index (χ4v) is 2.66. The van der Waals surface area contributed by atoms with Gasteiger partial charge in [-0.2, -0.15) is 0 Å². The lowest BCUT2D eigenvalue weighted by molar-refractivity contribution is 1.03. The first-order chi connectivity index (χ1) is 9.17. The van der Waals surface area contributed by atoms with Gasteiger partial charge in [-0.1, -0.05) is 46.6 Å². The first kappa shape index (κ1) is 12.6. The van der Waals surface area contributed by atoms with Crippen LogP contribution in [0.4, 0.5) is 0 Å². The molecule has 3 aromatic rings. The van der Waals surface area contributed by atoms with Gasteiger partial charge >= 0.3 is 0 Å². The quantitative estimate of drug-likeness (QED) is 0.743. The Morgan fingerprint density at radius 1 is 1.26 bits per heavy atom. The van der Waals surface area contributed by atoms with E-state index in [0.29, 0.717) is 11.0 Å². The Morgan fingerprint density at radius 3 is 2.84 bits per heavy atom. The molecule has 0 fully saturated rings. The van der Waals surface area contributed by atoms with Gasteiger partial charge in [0.15, 0.2) is 5.82 Å². The Morgan fingerprint density at radius 2 is 2.11 bits per heavy atom. The van der Waals surface area contributed by atoms with Crippen molar-refractivity contribution in [1.82, 2.24) is 15.0 Å². The van der Waals surface area contributed by atoms with Crippen molar-refractivity contribution in [3.63, 3.8) is 0 Å². The van der Waals surface area contributed by atoms with E-state index in [-0.39, 0.29) is 0 Å². The highest BCUT2D eigenvalue weighted by atomic mass is 79.9. The van der Waals surface area contributed by atoms with Gasteiger partial charge in [0.05, 0.1) is 5.69 Å². The molecule has 0 unspecified atom stereocenters. The van der Waals surface area contributed by atoms with Gasteiger partial charge in [0, 0.05) is 15.4 Å². The summed E-state index contributed by atoms with van der Waals surface area (Å²) in [5, 5.41) is 1.58. The normalized spacial score (nSPS) is 11.1. The number of hydrogen-bond donors (Lipinski definition) is 1. The smallest absolute Gasteiger partial charge is 0.161 e. The lowest BCUT2D eigenvalue weighted by atomic mass is 10.2. The summed E-state index contributed by atoms with van der Waals surface area (Å²) >= 11 is 9.47. The minimum absolute atomic E-state index is 0.588. The maximum absolute atomic E-state index is 6.00. The lowest BCUT2D eigenvalue weighted by Crippen LogP contribution is -1.96. The van der Waals surface area contributed by atoms with E-state index >= 15 is 0 Å². The van der Waals surface area contributed by atoms with E-state index < -0.39 is 0 Å². The molecule has 96 valence electrons. The monoisotopic (exact) mass is 335 g/mol. The zero-order valence-corrected chi connectivity index (χ0v) is 12.6. The lowest BCUT2D eigenvalue weighted by Gasteiger charge is -2.04. The van der Waals surface area contributed by atoms with Crippen LogP contribution in [0, 0.1) is 0 Å². The third kappa shape index (κ3) is 2.38. The van der Waals surface area contributed by atoms with Crippen LogP contribution in [0.15, 0.2) is 34.8 Å². The number of hydrogen-bond acceptors (Lipinski definition) is 2. The van der Waals surface area contributed by atoms with Crippen molar-refractivity contribution in [1.29, 1.82) is 0 Å². The predicted octanol–water partition coefficient (Wildman–Crippen LogP) is 4.60. The molecule has 3 rings (SSSR count). The van der Waals surface area contributed by atoms with E-state index in [1.807, 2.05) is 30.3 Å². The third-order valence-corrected chi connectivity index (χ3v) is 3.65. The van der Waals surface area contributed by atoms with Crippen LogP contribution in [0.3, 0.4) is 0 Å². The van der Waals surface area contributed by atoms with Crippen LogP contribution in [-0.4, -0.2) is 15.0 Å². The van der Waals surface area contributed by atoms with Crippen LogP contribution >= 0.6 is 27.5 Å². The number of fused-ring (bicyclic) bond motifs is 1. The molecule has 2 aromatic heterocycles. The highest BCUT2D eigenvalue weighted by Crippen LogP contribution is 2.25. The van der Waals surface area contributed by atoms with E-state index in [1.165, 1.54) is 0 Å². The van der Waals surface area contributed by atoms with Gasteiger partial charge in [-0.05, 0) is 24.6 Å². The molecule has 0 bridgehead atoms. The second-order valence-electron chi connectivity index (χ2n) is 4.24. The molecule has 0 atom stereocenters. The minimum atomic E-state index is 0.588. The van der Waals surface area contributed by atoms with Crippen molar-refractivity contribution in [2.45, 2.75) is 13.3 Å². The largest absolute Gasteiger partial charge is 0.330 e. The van der Waals surface area contributed by atoms with Crippen LogP contribution in [0.1, 0.15) is 12.6 Å². The summed E-state index contributed by atoms with van der Waals surface area (Å²) in [7, 11) is 0. The summed E-state index contributed by atoms with van der Waals surface area (Å²) in [6, 6.07) is 9.83. The maximum Gasteiger partial charge on any atom is 0.161 e. The molecule has 0 aliphatic carbocycles. The number of nitrogens with one attached hydrogen (secondary N) is 1. The maximum atomic E-state index is 6.00. The summed E-state index contributed by atoms with van der Waals surface area (Å²) in [5.74, 6) is 0.712. The van der Waals surface area contributed by atoms with Crippen molar-refractivity contribution in [3.05, 3.63) is 45.7 Å². The molecule has 0 saturated heterocycles. The van der Waals surface area contributed by atoms with Crippen LogP contribution in [-0.2, 0) is 6.42 Å². The molecule has 3 nitrogen and oxygen atoms in total. The average Bonchev–Trinajstić information content (AvgIpc) is 2.77. The Labute approximate surface area is 124 Å². The molecular weight excluding hydrogens is 326 g/mol. The van der Waals surface area contributed by atoms with Crippen LogP contribution < -0.4 is 0 Å². The van der Waals surface area contributed by atoms with Crippen molar-refractivity contribution in [3.8, 4) is 11.4 Å². The molecule has 1 aromatic carbocycles. The van der Waals surface area contributed by atoms with E-state index in [0.717, 1.165) is 33.2 Å². The van der Waals surface area contributed by atoms with Gasteiger partial charge in [0.1, 0.15) is 10.8 Å². The first-order valence-corrected chi connectivity index (χ1v) is 7.15. The van der Waals surface area contributed by atoms with Crippen LogP contribution in [0.25, 0.3) is 22.4 Å². The van der Waals surface area contributed by atoms with Gasteiger partial charge in [0.25, 0.3) is 0 Å². The number of aromatic nitrogens is 3. The highest BCUT2D eigenvalue weighted by molar-refractivity contribution is 9.10. The Hall–Kier alpha value is -1.39. The topological polar surface area (TPSA) is 41.6 Å². The Bertz CT molecular complexity index is 752. The molecule has 19 heavy (non-hydrogen) atoms. The summed E-state index contributed by atoms with van der Waals surface area (Å²) in [6.07, 6.45) is 0.841. The molecule has 0 radical (unpaired) electrons. The summed E-state index contributed by atoms with van der Waals surface area (Å²) < 4.78 is 1.01. The molecule has 5 heteroatoms. The molecule has 0 aliphatic rings. The number of aromatic amines is 1. The van der Waals surface area contributed by atoms with Crippen LogP contribution in [0.2, 0.25) is 5.15 Å². The molecule has 2 heterocycles. The van der Waals surface area contributed by atoms with Crippen LogP contribution in [0.5, 0.6) is 0 Å². The molecule has 0 spiro atoms. The van der Waals surface area contributed by atoms with Gasteiger partial charge in [-0.25, -0.2) is 9.97 Å². The number of H-pyrrole nitrogens is 1. The van der Waals surface area contributed by atoms with Gasteiger partial charge in [0.2, 0.25) is 0 Å². The Balaban J connectivity index is 2.24. The number of aryl methyl sites for hydroxylation is 1. The molecule has 0 aliphatic heterocycles. The summed E-state index contributed by atoms with van der Waals surface area (Å²) in [5.41, 5.74) is 2.77. The van der Waals surface area contributed by atoms with Crippen molar-refractivity contribution in [2.75, 3.05) is 0 Å². The SMILES string of the molecule is CCc1nc(-c2cccc(Br)c2)nc2[nH]c(Cl)cc12.